The highest BCUT2D eigenvalue weighted by atomic mass is 16.5. The van der Waals surface area contributed by atoms with Gasteiger partial charge in [-0.1, -0.05) is 18.2 Å². The van der Waals surface area contributed by atoms with Crippen LogP contribution < -0.4 is 10.1 Å². The van der Waals surface area contributed by atoms with Crippen LogP contribution in [0.4, 0.5) is 0 Å². The quantitative estimate of drug-likeness (QED) is 0.807. The molecule has 1 aromatic carbocycles. The first kappa shape index (κ1) is 13.9. The molecule has 1 aromatic rings. The van der Waals surface area contributed by atoms with E-state index in [1.165, 1.54) is 37.8 Å². The van der Waals surface area contributed by atoms with Crippen molar-refractivity contribution in [1.82, 2.24) is 10.2 Å². The highest BCUT2D eigenvalue weighted by molar-refractivity contribution is 5.33. The summed E-state index contributed by atoms with van der Waals surface area (Å²) in [6.45, 7) is 6.39. The normalized spacial score (nSPS) is 20.9. The van der Waals surface area contributed by atoms with Gasteiger partial charge in [0, 0.05) is 30.7 Å². The number of nitrogens with one attached hydrogen (secondary N) is 1. The second-order valence-corrected chi connectivity index (χ2v) is 6.15. The minimum Gasteiger partial charge on any atom is -0.492 e. The third-order valence-electron chi connectivity index (χ3n) is 4.41. The van der Waals surface area contributed by atoms with E-state index in [2.05, 4.69) is 41.4 Å². The van der Waals surface area contributed by atoms with Crippen molar-refractivity contribution in [3.63, 3.8) is 0 Å². The molecule has 3 rings (SSSR count). The van der Waals surface area contributed by atoms with Crippen LogP contribution in [-0.4, -0.2) is 36.7 Å². The average molecular weight is 274 g/mol. The first-order valence-electron chi connectivity index (χ1n) is 8.01. The summed E-state index contributed by atoms with van der Waals surface area (Å²) in [4.78, 5) is 2.56. The van der Waals surface area contributed by atoms with Crippen molar-refractivity contribution in [2.24, 2.45) is 0 Å². The molecule has 0 spiro atoms. The van der Waals surface area contributed by atoms with Gasteiger partial charge in [-0.2, -0.15) is 0 Å². The van der Waals surface area contributed by atoms with Crippen molar-refractivity contribution >= 4 is 0 Å². The van der Waals surface area contributed by atoms with Crippen LogP contribution in [0.5, 0.6) is 5.75 Å². The molecule has 1 aliphatic carbocycles. The van der Waals surface area contributed by atoms with E-state index in [1.54, 1.807) is 0 Å². The van der Waals surface area contributed by atoms with Gasteiger partial charge < -0.3 is 10.1 Å². The van der Waals surface area contributed by atoms with Gasteiger partial charge in [0.05, 0.1) is 0 Å². The molecule has 2 aliphatic rings. The monoisotopic (exact) mass is 274 g/mol. The Labute approximate surface area is 122 Å². The summed E-state index contributed by atoms with van der Waals surface area (Å²) in [5.74, 6) is 1.07. The molecular weight excluding hydrogens is 248 g/mol. The molecule has 0 saturated heterocycles. The molecule has 0 bridgehead atoms. The number of nitrogens with zero attached hydrogens (tertiary/aromatic N) is 1. The molecule has 3 nitrogen and oxygen atoms in total. The number of benzene rings is 1. The summed E-state index contributed by atoms with van der Waals surface area (Å²) < 4.78 is 5.84. The summed E-state index contributed by atoms with van der Waals surface area (Å²) in [7, 11) is 0. The van der Waals surface area contributed by atoms with Gasteiger partial charge in [0.25, 0.3) is 0 Å². The maximum absolute atomic E-state index is 5.84. The molecule has 1 unspecified atom stereocenters. The van der Waals surface area contributed by atoms with Crippen LogP contribution >= 0.6 is 0 Å². The van der Waals surface area contributed by atoms with Crippen LogP contribution in [0.25, 0.3) is 0 Å². The summed E-state index contributed by atoms with van der Waals surface area (Å²) in [6, 6.07) is 9.91. The lowest BCUT2D eigenvalue weighted by Crippen LogP contribution is -2.35. The van der Waals surface area contributed by atoms with E-state index in [-0.39, 0.29) is 0 Å². The van der Waals surface area contributed by atoms with Crippen LogP contribution in [0.1, 0.15) is 38.2 Å². The van der Waals surface area contributed by atoms with Gasteiger partial charge in [0.1, 0.15) is 12.4 Å². The molecule has 1 fully saturated rings. The second kappa shape index (κ2) is 6.59. The lowest BCUT2D eigenvalue weighted by molar-refractivity contribution is 0.170. The minimum absolute atomic E-state index is 0.630. The first-order chi connectivity index (χ1) is 9.83. The summed E-state index contributed by atoms with van der Waals surface area (Å²) in [5.41, 5.74) is 1.33. The number of ether oxygens (including phenoxy) is 1. The van der Waals surface area contributed by atoms with Crippen molar-refractivity contribution < 1.29 is 4.74 Å². The van der Waals surface area contributed by atoms with Gasteiger partial charge in [0.15, 0.2) is 0 Å². The van der Waals surface area contributed by atoms with Gasteiger partial charge >= 0.3 is 0 Å². The van der Waals surface area contributed by atoms with Crippen molar-refractivity contribution in [3.05, 3.63) is 29.8 Å². The summed E-state index contributed by atoms with van der Waals surface area (Å²) >= 11 is 0. The SMILES string of the molecule is CC(CCCNC1CC1)N1CCOc2ccccc2C1. The molecule has 110 valence electrons. The zero-order valence-corrected chi connectivity index (χ0v) is 12.5. The third kappa shape index (κ3) is 3.74. The molecule has 1 aliphatic heterocycles. The van der Waals surface area contributed by atoms with Crippen molar-refractivity contribution in [3.8, 4) is 5.75 Å². The number of rotatable bonds is 6. The van der Waals surface area contributed by atoms with Crippen LogP contribution in [0.15, 0.2) is 24.3 Å². The second-order valence-electron chi connectivity index (χ2n) is 6.15. The highest BCUT2D eigenvalue weighted by Crippen LogP contribution is 2.24. The average Bonchev–Trinajstić information content (AvgIpc) is 3.29. The largest absolute Gasteiger partial charge is 0.492 e. The van der Waals surface area contributed by atoms with Crippen molar-refractivity contribution in [2.75, 3.05) is 19.7 Å². The Balaban J connectivity index is 1.48. The predicted molar refractivity (Wildman–Crippen MR) is 82.1 cm³/mol. The Morgan fingerprint density at radius 2 is 2.20 bits per heavy atom. The fourth-order valence-corrected chi connectivity index (χ4v) is 2.90. The topological polar surface area (TPSA) is 24.5 Å². The van der Waals surface area contributed by atoms with Gasteiger partial charge in [-0.3, -0.25) is 4.90 Å². The van der Waals surface area contributed by atoms with E-state index >= 15 is 0 Å². The molecule has 1 atom stereocenters. The molecule has 1 heterocycles. The van der Waals surface area contributed by atoms with Crippen LogP contribution in [0.3, 0.4) is 0 Å². The smallest absolute Gasteiger partial charge is 0.123 e. The molecular formula is C17H26N2O. The van der Waals surface area contributed by atoms with E-state index in [1.807, 2.05) is 0 Å². The Hall–Kier alpha value is -1.06. The summed E-state index contributed by atoms with van der Waals surface area (Å²) in [5, 5.41) is 3.60. The maximum Gasteiger partial charge on any atom is 0.123 e. The number of para-hydroxylation sites is 1. The molecule has 3 heteroatoms. The molecule has 20 heavy (non-hydrogen) atoms. The zero-order valence-electron chi connectivity index (χ0n) is 12.5. The third-order valence-corrected chi connectivity index (χ3v) is 4.41. The van der Waals surface area contributed by atoms with E-state index in [9.17, 15) is 0 Å². The van der Waals surface area contributed by atoms with Crippen molar-refractivity contribution in [1.29, 1.82) is 0 Å². The predicted octanol–water partition coefficient (Wildman–Crippen LogP) is 2.80. The van der Waals surface area contributed by atoms with Crippen molar-refractivity contribution in [2.45, 2.75) is 51.2 Å². The number of hydrogen-bond donors (Lipinski definition) is 1. The molecule has 1 N–H and O–H groups in total. The van der Waals surface area contributed by atoms with Crippen LogP contribution in [0.2, 0.25) is 0 Å². The Kier molecular flexibility index (Phi) is 4.58. The first-order valence-corrected chi connectivity index (χ1v) is 8.01. The van der Waals surface area contributed by atoms with Gasteiger partial charge in [-0.05, 0) is 45.2 Å². The maximum atomic E-state index is 5.84. The molecule has 0 amide bonds. The zero-order chi connectivity index (χ0) is 13.8. The van der Waals surface area contributed by atoms with E-state index in [0.29, 0.717) is 6.04 Å². The Bertz CT molecular complexity index is 431. The molecule has 0 radical (unpaired) electrons. The standard InChI is InChI=1S/C17H26N2O/c1-14(5-4-10-18-16-8-9-16)19-11-12-20-17-7-3-2-6-15(17)13-19/h2-3,6-7,14,16,18H,4-5,8-13H2,1H3. The highest BCUT2D eigenvalue weighted by Gasteiger charge is 2.21. The van der Waals surface area contributed by atoms with Crippen LogP contribution in [-0.2, 0) is 6.54 Å². The van der Waals surface area contributed by atoms with Gasteiger partial charge in [0.2, 0.25) is 0 Å². The van der Waals surface area contributed by atoms with E-state index in [4.69, 9.17) is 4.74 Å². The fourth-order valence-electron chi connectivity index (χ4n) is 2.90. The lowest BCUT2D eigenvalue weighted by Gasteiger charge is -2.27. The Morgan fingerprint density at radius 1 is 1.35 bits per heavy atom. The number of hydrogen-bond acceptors (Lipinski definition) is 3. The minimum atomic E-state index is 0.630. The van der Waals surface area contributed by atoms with Gasteiger partial charge in [-0.15, -0.1) is 0 Å². The van der Waals surface area contributed by atoms with Gasteiger partial charge in [-0.25, -0.2) is 0 Å². The van der Waals surface area contributed by atoms with E-state index in [0.717, 1.165) is 31.5 Å². The lowest BCUT2D eigenvalue weighted by atomic mass is 10.1. The van der Waals surface area contributed by atoms with Crippen LogP contribution in [0, 0.1) is 0 Å². The summed E-state index contributed by atoms with van der Waals surface area (Å²) in [6.07, 6.45) is 5.31. The fraction of sp³-hybridized carbons (Fsp3) is 0.647. The molecule has 0 aromatic heterocycles. The molecule has 1 saturated carbocycles. The number of fused-ring (bicyclic) bond motifs is 1. The van der Waals surface area contributed by atoms with E-state index < -0.39 is 0 Å². The Morgan fingerprint density at radius 3 is 3.05 bits per heavy atom.